The molecule has 186 valence electrons. The van der Waals surface area contributed by atoms with Crippen molar-refractivity contribution >= 4 is 22.3 Å². The third-order valence-corrected chi connectivity index (χ3v) is 5.82. The molecule has 0 saturated heterocycles. The highest BCUT2D eigenvalue weighted by Gasteiger charge is 2.22. The lowest BCUT2D eigenvalue weighted by atomic mass is 10.0. The molecule has 0 aliphatic carbocycles. The molecule has 7 nitrogen and oxygen atoms in total. The van der Waals surface area contributed by atoms with E-state index in [0.717, 1.165) is 11.4 Å². The van der Waals surface area contributed by atoms with Gasteiger partial charge in [-0.3, -0.25) is 10.1 Å². The molecule has 5 rings (SSSR count). The van der Waals surface area contributed by atoms with Gasteiger partial charge in [-0.25, -0.2) is 18.7 Å². The molecule has 0 radical (unpaired) electrons. The lowest BCUT2D eigenvalue weighted by Gasteiger charge is -2.11. The molecule has 9 heteroatoms. The Morgan fingerprint density at radius 3 is 2.73 bits per heavy atom. The second-order valence-electron chi connectivity index (χ2n) is 8.93. The maximum absolute atomic E-state index is 16.0. The lowest BCUT2D eigenvalue weighted by molar-refractivity contribution is 0.627. The number of fused-ring (bicyclic) bond motifs is 1. The molecule has 0 unspecified atom stereocenters. The monoisotopic (exact) mass is 497 g/mol. The van der Waals surface area contributed by atoms with Crippen LogP contribution in [0.15, 0.2) is 67.7 Å². The zero-order chi connectivity index (χ0) is 26.1. The van der Waals surface area contributed by atoms with Gasteiger partial charge in [-0.2, -0.15) is 5.10 Å². The molecule has 0 bridgehead atoms. The van der Waals surface area contributed by atoms with E-state index in [1.54, 1.807) is 36.7 Å². The van der Waals surface area contributed by atoms with Gasteiger partial charge in [0.1, 0.15) is 17.3 Å². The van der Waals surface area contributed by atoms with Crippen molar-refractivity contribution in [2.45, 2.75) is 26.8 Å². The van der Waals surface area contributed by atoms with E-state index in [4.69, 9.17) is 4.98 Å². The van der Waals surface area contributed by atoms with Gasteiger partial charge in [-0.15, -0.1) is 0 Å². The summed E-state index contributed by atoms with van der Waals surface area (Å²) >= 11 is 0. The SMILES string of the molecule is C=C/C=C(/c1cccc(F)c1)c1nc(-c2[nH]nc3ncc(-c4cncc(NC(C)C)c4)c(F)c23)[nH]c1C. The predicted molar refractivity (Wildman–Crippen MR) is 142 cm³/mol. The molecule has 1 aromatic carbocycles. The van der Waals surface area contributed by atoms with Crippen LogP contribution in [0.3, 0.4) is 0 Å². The molecule has 0 aliphatic rings. The quantitative estimate of drug-likeness (QED) is 0.225. The summed E-state index contributed by atoms with van der Waals surface area (Å²) < 4.78 is 29.9. The number of benzene rings is 1. The number of H-pyrrole nitrogens is 2. The topological polar surface area (TPSA) is 95.2 Å². The number of allylic oxidation sites excluding steroid dienone is 2. The van der Waals surface area contributed by atoms with Crippen molar-refractivity contribution in [1.29, 1.82) is 0 Å². The van der Waals surface area contributed by atoms with Crippen molar-refractivity contribution in [2.75, 3.05) is 5.32 Å². The minimum atomic E-state index is -0.486. The van der Waals surface area contributed by atoms with Crippen LogP contribution in [-0.2, 0) is 0 Å². The average molecular weight is 498 g/mol. The number of pyridine rings is 2. The molecular weight excluding hydrogens is 472 g/mol. The number of nitrogens with one attached hydrogen (secondary N) is 3. The first kappa shape index (κ1) is 24.1. The Morgan fingerprint density at radius 1 is 1.14 bits per heavy atom. The van der Waals surface area contributed by atoms with Crippen LogP contribution < -0.4 is 5.32 Å². The smallest absolute Gasteiger partial charge is 0.184 e. The first-order valence-corrected chi connectivity index (χ1v) is 11.8. The van der Waals surface area contributed by atoms with Crippen molar-refractivity contribution in [3.05, 3.63) is 96.2 Å². The summed E-state index contributed by atoms with van der Waals surface area (Å²) in [6.45, 7) is 9.66. The minimum absolute atomic E-state index is 0.201. The summed E-state index contributed by atoms with van der Waals surface area (Å²) in [5.74, 6) is -0.462. The van der Waals surface area contributed by atoms with E-state index in [2.05, 4.69) is 37.0 Å². The van der Waals surface area contributed by atoms with Gasteiger partial charge in [0.05, 0.1) is 16.8 Å². The van der Waals surface area contributed by atoms with Crippen molar-refractivity contribution in [3.8, 4) is 22.6 Å². The van der Waals surface area contributed by atoms with Crippen LogP contribution in [0.2, 0.25) is 0 Å². The Morgan fingerprint density at radius 2 is 1.97 bits per heavy atom. The number of hydrogen-bond acceptors (Lipinski definition) is 5. The number of aromatic nitrogens is 6. The largest absolute Gasteiger partial charge is 0.382 e. The molecule has 0 spiro atoms. The Hall–Kier alpha value is -4.66. The summed E-state index contributed by atoms with van der Waals surface area (Å²) in [6.07, 6.45) is 8.12. The zero-order valence-electron chi connectivity index (χ0n) is 20.6. The molecule has 0 saturated carbocycles. The number of aryl methyl sites for hydroxylation is 1. The van der Waals surface area contributed by atoms with Gasteiger partial charge in [0, 0.05) is 47.0 Å². The Kier molecular flexibility index (Phi) is 6.35. The molecule has 5 aromatic rings. The summed E-state index contributed by atoms with van der Waals surface area (Å²) in [6, 6.07) is 8.28. The van der Waals surface area contributed by atoms with E-state index in [9.17, 15) is 4.39 Å². The van der Waals surface area contributed by atoms with Gasteiger partial charge in [0.25, 0.3) is 0 Å². The number of halogens is 2. The van der Waals surface area contributed by atoms with Crippen LogP contribution in [0.4, 0.5) is 14.5 Å². The fourth-order valence-corrected chi connectivity index (χ4v) is 4.25. The Bertz CT molecular complexity index is 1650. The molecule has 37 heavy (non-hydrogen) atoms. The second-order valence-corrected chi connectivity index (χ2v) is 8.93. The maximum atomic E-state index is 16.0. The van der Waals surface area contributed by atoms with Crippen molar-refractivity contribution in [2.24, 2.45) is 0 Å². The highest BCUT2D eigenvalue weighted by Crippen LogP contribution is 2.34. The number of anilines is 1. The molecule has 4 heterocycles. The first-order chi connectivity index (χ1) is 17.9. The van der Waals surface area contributed by atoms with Crippen LogP contribution in [0.5, 0.6) is 0 Å². The van der Waals surface area contributed by atoms with Crippen LogP contribution in [0.25, 0.3) is 39.3 Å². The van der Waals surface area contributed by atoms with Gasteiger partial charge in [0.2, 0.25) is 0 Å². The van der Waals surface area contributed by atoms with Gasteiger partial charge < -0.3 is 10.3 Å². The maximum Gasteiger partial charge on any atom is 0.184 e. The molecular formula is C28H25F2N7. The average Bonchev–Trinajstić information content (AvgIpc) is 3.46. The van der Waals surface area contributed by atoms with Crippen LogP contribution >= 0.6 is 0 Å². The number of nitrogens with zero attached hydrogens (tertiary/aromatic N) is 4. The number of imidazole rings is 1. The summed E-state index contributed by atoms with van der Waals surface area (Å²) in [7, 11) is 0. The fourth-order valence-electron chi connectivity index (χ4n) is 4.25. The normalized spacial score (nSPS) is 11.9. The van der Waals surface area contributed by atoms with Gasteiger partial charge in [-0.1, -0.05) is 30.9 Å². The van der Waals surface area contributed by atoms with Crippen molar-refractivity contribution in [1.82, 2.24) is 30.1 Å². The standard InChI is InChI=1S/C28H25F2N7/c1-5-7-21(17-8-6-9-19(29)10-17)25-16(4)34-28(35-25)26-23-24(30)22(14-32-27(23)37-36-26)18-11-20(13-31-12-18)33-15(2)3/h5-15,33H,1H2,2-4H3,(H,34,35)(H,32,36,37)/b21-7-. The van der Waals surface area contributed by atoms with Gasteiger partial charge in [0.15, 0.2) is 11.5 Å². The zero-order valence-corrected chi connectivity index (χ0v) is 20.6. The molecule has 4 aromatic heterocycles. The van der Waals surface area contributed by atoms with Crippen LogP contribution in [0, 0.1) is 18.6 Å². The van der Waals surface area contributed by atoms with E-state index in [1.165, 1.54) is 18.3 Å². The summed E-state index contributed by atoms with van der Waals surface area (Å²) in [5.41, 5.74) is 4.88. The highest BCUT2D eigenvalue weighted by molar-refractivity contribution is 5.93. The van der Waals surface area contributed by atoms with E-state index < -0.39 is 5.82 Å². The predicted octanol–water partition coefficient (Wildman–Crippen LogP) is 6.43. The molecule has 0 atom stereocenters. The van der Waals surface area contributed by atoms with Crippen LogP contribution in [0.1, 0.15) is 30.8 Å². The summed E-state index contributed by atoms with van der Waals surface area (Å²) in [5, 5.41) is 10.6. The molecule has 3 N–H and O–H groups in total. The van der Waals surface area contributed by atoms with Crippen molar-refractivity contribution < 1.29 is 8.78 Å². The fraction of sp³-hybridized carbons (Fsp3) is 0.143. The van der Waals surface area contributed by atoms with E-state index >= 15 is 4.39 Å². The lowest BCUT2D eigenvalue weighted by Crippen LogP contribution is -2.09. The van der Waals surface area contributed by atoms with E-state index in [0.29, 0.717) is 39.5 Å². The Labute approximate surface area is 212 Å². The van der Waals surface area contributed by atoms with E-state index in [-0.39, 0.29) is 22.9 Å². The third kappa shape index (κ3) is 4.63. The van der Waals surface area contributed by atoms with Gasteiger partial charge in [-0.05, 0) is 44.5 Å². The second kappa shape index (κ2) is 9.77. The first-order valence-electron chi connectivity index (χ1n) is 11.8. The summed E-state index contributed by atoms with van der Waals surface area (Å²) in [4.78, 5) is 16.6. The van der Waals surface area contributed by atoms with E-state index in [1.807, 2.05) is 26.8 Å². The third-order valence-electron chi connectivity index (χ3n) is 5.82. The molecule has 0 amide bonds. The molecule has 0 fully saturated rings. The van der Waals surface area contributed by atoms with Crippen LogP contribution in [-0.4, -0.2) is 36.2 Å². The van der Waals surface area contributed by atoms with Gasteiger partial charge >= 0.3 is 0 Å². The van der Waals surface area contributed by atoms with Crippen molar-refractivity contribution in [3.63, 3.8) is 0 Å². The molecule has 0 aliphatic heterocycles. The minimum Gasteiger partial charge on any atom is -0.382 e. The number of rotatable bonds is 7. The Balaban J connectivity index is 1.61. The number of aromatic amines is 2. The highest BCUT2D eigenvalue weighted by atomic mass is 19.1. The number of hydrogen-bond donors (Lipinski definition) is 3.